The third-order valence-corrected chi connectivity index (χ3v) is 9.53. The van der Waals surface area contributed by atoms with Gasteiger partial charge in [0.05, 0.1) is 31.6 Å². The number of nitrogens with one attached hydrogen (secondary N) is 2. The lowest BCUT2D eigenvalue weighted by atomic mass is 10.1. The number of H-pyrrole nitrogens is 1. The van der Waals surface area contributed by atoms with Gasteiger partial charge in [0, 0.05) is 81.9 Å². The molecule has 2 N–H and O–H groups in total. The molecular weight excluding hydrogens is 504 g/mol. The van der Waals surface area contributed by atoms with Gasteiger partial charge in [0.25, 0.3) is 0 Å². The molecule has 6 rings (SSSR count). The molecule has 3 aliphatic heterocycles. The van der Waals surface area contributed by atoms with Gasteiger partial charge < -0.3 is 24.7 Å². The first-order valence-corrected chi connectivity index (χ1v) is 14.5. The predicted octanol–water partition coefficient (Wildman–Crippen LogP) is 4.63. The first-order valence-electron chi connectivity index (χ1n) is 12.9. The standard InChI is InChI=1S/C28H32N4O3S2/c1-19-18-31(9-14-35-19)8-7-29-20-5-6-24-26(15-20)36-25-4-2-3-22(28(25)37-24)23-16-21(17-27(33)30-23)32-10-12-34-13-11-32/h2-6,15-17,19,29H,7-14,18H2,1H3,(H,30,33). The maximum absolute atomic E-state index is 12.6. The Kier molecular flexibility index (Phi) is 7.48. The van der Waals surface area contributed by atoms with E-state index >= 15 is 0 Å². The van der Waals surface area contributed by atoms with Crippen LogP contribution in [0.3, 0.4) is 0 Å². The van der Waals surface area contributed by atoms with E-state index in [2.05, 4.69) is 69.5 Å². The molecule has 0 aliphatic carbocycles. The van der Waals surface area contributed by atoms with Crippen molar-refractivity contribution in [2.45, 2.75) is 32.6 Å². The lowest BCUT2D eigenvalue weighted by molar-refractivity contribution is -0.0166. The van der Waals surface area contributed by atoms with Gasteiger partial charge in [-0.15, -0.1) is 0 Å². The van der Waals surface area contributed by atoms with Crippen LogP contribution in [0.2, 0.25) is 0 Å². The molecule has 1 aromatic heterocycles. The number of rotatable bonds is 6. The predicted molar refractivity (Wildman–Crippen MR) is 151 cm³/mol. The van der Waals surface area contributed by atoms with Crippen molar-refractivity contribution >= 4 is 34.9 Å². The van der Waals surface area contributed by atoms with Gasteiger partial charge in [0.1, 0.15) is 0 Å². The van der Waals surface area contributed by atoms with Crippen LogP contribution in [0.5, 0.6) is 0 Å². The number of morpholine rings is 2. The summed E-state index contributed by atoms with van der Waals surface area (Å²) in [5.74, 6) is 0. The quantitative estimate of drug-likeness (QED) is 0.370. The summed E-state index contributed by atoms with van der Waals surface area (Å²) < 4.78 is 11.1. The van der Waals surface area contributed by atoms with E-state index in [9.17, 15) is 4.79 Å². The van der Waals surface area contributed by atoms with Crippen LogP contribution in [0.15, 0.2) is 72.9 Å². The molecule has 0 spiro atoms. The fraction of sp³-hybridized carbons (Fsp3) is 0.393. The molecule has 37 heavy (non-hydrogen) atoms. The third-order valence-electron chi connectivity index (χ3n) is 6.93. The van der Waals surface area contributed by atoms with Crippen LogP contribution >= 0.6 is 23.5 Å². The number of aromatic nitrogens is 1. The minimum absolute atomic E-state index is 0.0762. The van der Waals surface area contributed by atoms with E-state index in [1.807, 2.05) is 0 Å². The van der Waals surface area contributed by atoms with E-state index in [-0.39, 0.29) is 5.56 Å². The minimum atomic E-state index is -0.0762. The summed E-state index contributed by atoms with van der Waals surface area (Å²) >= 11 is 3.58. The van der Waals surface area contributed by atoms with Gasteiger partial charge in [-0.25, -0.2) is 0 Å². The molecule has 194 valence electrons. The van der Waals surface area contributed by atoms with E-state index in [0.717, 1.165) is 68.5 Å². The van der Waals surface area contributed by atoms with Gasteiger partial charge in [0.2, 0.25) is 5.56 Å². The topological polar surface area (TPSA) is 69.8 Å². The molecule has 0 amide bonds. The molecule has 1 atom stereocenters. The van der Waals surface area contributed by atoms with E-state index < -0.39 is 0 Å². The van der Waals surface area contributed by atoms with Crippen LogP contribution in [0.4, 0.5) is 11.4 Å². The van der Waals surface area contributed by atoms with Crippen molar-refractivity contribution < 1.29 is 9.47 Å². The van der Waals surface area contributed by atoms with Gasteiger partial charge in [-0.1, -0.05) is 35.7 Å². The first-order chi connectivity index (χ1) is 18.1. The zero-order chi connectivity index (χ0) is 25.2. The second kappa shape index (κ2) is 11.1. The molecule has 3 aromatic rings. The molecule has 1 unspecified atom stereocenters. The van der Waals surface area contributed by atoms with E-state index in [4.69, 9.17) is 9.47 Å². The number of aromatic amines is 1. The van der Waals surface area contributed by atoms with Crippen LogP contribution in [0.1, 0.15) is 6.92 Å². The van der Waals surface area contributed by atoms with Crippen molar-refractivity contribution in [2.75, 3.05) is 69.3 Å². The highest BCUT2D eigenvalue weighted by Crippen LogP contribution is 2.52. The minimum Gasteiger partial charge on any atom is -0.384 e. The fourth-order valence-corrected chi connectivity index (χ4v) is 7.47. The highest BCUT2D eigenvalue weighted by molar-refractivity contribution is 8.05. The molecule has 2 saturated heterocycles. The highest BCUT2D eigenvalue weighted by Gasteiger charge is 2.22. The zero-order valence-electron chi connectivity index (χ0n) is 21.0. The smallest absolute Gasteiger partial charge is 0.250 e. The molecule has 0 radical (unpaired) electrons. The maximum Gasteiger partial charge on any atom is 0.250 e. The Morgan fingerprint density at radius 3 is 2.76 bits per heavy atom. The Morgan fingerprint density at radius 1 is 1.00 bits per heavy atom. The maximum atomic E-state index is 12.6. The lowest BCUT2D eigenvalue weighted by Gasteiger charge is -2.31. The molecule has 4 heterocycles. The normalized spacial score (nSPS) is 19.8. The molecule has 7 nitrogen and oxygen atoms in total. The fourth-order valence-electron chi connectivity index (χ4n) is 5.05. The second-order valence-electron chi connectivity index (χ2n) is 9.62. The van der Waals surface area contributed by atoms with Crippen LogP contribution in [0.25, 0.3) is 11.3 Å². The molecule has 2 aromatic carbocycles. The number of pyridine rings is 1. The van der Waals surface area contributed by atoms with Crippen LogP contribution in [-0.2, 0) is 9.47 Å². The summed E-state index contributed by atoms with van der Waals surface area (Å²) in [5.41, 5.74) is 3.95. The monoisotopic (exact) mass is 536 g/mol. The molecule has 3 aliphatic rings. The van der Waals surface area contributed by atoms with Gasteiger partial charge >= 0.3 is 0 Å². The summed E-state index contributed by atoms with van der Waals surface area (Å²) in [6.07, 6.45) is 0.315. The number of hydrogen-bond donors (Lipinski definition) is 2. The largest absolute Gasteiger partial charge is 0.384 e. The van der Waals surface area contributed by atoms with Crippen molar-refractivity contribution in [3.63, 3.8) is 0 Å². The Morgan fingerprint density at radius 2 is 1.89 bits per heavy atom. The second-order valence-corrected chi connectivity index (χ2v) is 11.8. The first kappa shape index (κ1) is 24.9. The molecule has 0 saturated carbocycles. The van der Waals surface area contributed by atoms with Crippen LogP contribution in [0, 0.1) is 0 Å². The zero-order valence-corrected chi connectivity index (χ0v) is 22.6. The number of hydrogen-bond acceptors (Lipinski definition) is 8. The average Bonchev–Trinajstić information content (AvgIpc) is 2.92. The Labute approximate surface area is 225 Å². The summed E-state index contributed by atoms with van der Waals surface area (Å²) in [6.45, 7) is 9.87. The van der Waals surface area contributed by atoms with Gasteiger partial charge in [0.15, 0.2) is 0 Å². The Hall–Kier alpha value is -2.43. The lowest BCUT2D eigenvalue weighted by Crippen LogP contribution is -2.43. The van der Waals surface area contributed by atoms with E-state index in [1.165, 1.54) is 19.6 Å². The summed E-state index contributed by atoms with van der Waals surface area (Å²) in [5, 5.41) is 3.60. The third kappa shape index (κ3) is 5.71. The molecular formula is C28H32N4O3S2. The van der Waals surface area contributed by atoms with Crippen LogP contribution in [-0.4, -0.2) is 75.1 Å². The highest BCUT2D eigenvalue weighted by atomic mass is 32.2. The number of anilines is 2. The van der Waals surface area contributed by atoms with Gasteiger partial charge in [-0.3, -0.25) is 9.69 Å². The Balaban J connectivity index is 1.19. The Bertz CT molecular complexity index is 1330. The SMILES string of the molecule is CC1CN(CCNc2ccc3c(c2)Sc2cccc(-c4cc(N5CCOCC5)cc(=O)[nH]4)c2S3)CCO1. The summed E-state index contributed by atoms with van der Waals surface area (Å²) in [6, 6.07) is 16.8. The number of fused-ring (bicyclic) bond motifs is 2. The van der Waals surface area contributed by atoms with Gasteiger partial charge in [-0.05, 0) is 37.3 Å². The summed E-state index contributed by atoms with van der Waals surface area (Å²) in [7, 11) is 0. The van der Waals surface area contributed by atoms with Crippen molar-refractivity contribution in [2.24, 2.45) is 0 Å². The van der Waals surface area contributed by atoms with Gasteiger partial charge in [-0.2, -0.15) is 0 Å². The molecule has 0 bridgehead atoms. The number of benzene rings is 2. The van der Waals surface area contributed by atoms with Crippen molar-refractivity contribution in [3.8, 4) is 11.3 Å². The van der Waals surface area contributed by atoms with E-state index in [0.29, 0.717) is 19.3 Å². The average molecular weight is 537 g/mol. The van der Waals surface area contributed by atoms with Crippen molar-refractivity contribution in [3.05, 3.63) is 58.9 Å². The van der Waals surface area contributed by atoms with Crippen molar-refractivity contribution in [1.82, 2.24) is 9.88 Å². The molecule has 2 fully saturated rings. The summed E-state index contributed by atoms with van der Waals surface area (Å²) in [4.78, 5) is 25.3. The van der Waals surface area contributed by atoms with E-state index in [1.54, 1.807) is 29.6 Å². The number of nitrogens with zero attached hydrogens (tertiary/aromatic N) is 2. The van der Waals surface area contributed by atoms with Crippen LogP contribution < -0.4 is 15.8 Å². The molecule has 9 heteroatoms. The number of ether oxygens (including phenoxy) is 2. The van der Waals surface area contributed by atoms with Crippen molar-refractivity contribution in [1.29, 1.82) is 0 Å².